The van der Waals surface area contributed by atoms with E-state index in [-0.39, 0.29) is 23.6 Å². The number of nitrogens with one attached hydrogen (secondary N) is 1. The standard InChI is InChI=1S/C27H29N3O3/c1-18(26(32)30-22-9-6-8-21(16-22)27(2,3)4)13-19-7-5-10-23(14-19)33-17-20-11-12-29-24(15-20)25(28)31/h5-16H,17H2,1-4H3,(H2,28,31)(H,30,32). The van der Waals surface area contributed by atoms with Crippen LogP contribution in [0.1, 0.15) is 54.9 Å². The Morgan fingerprint density at radius 2 is 1.82 bits per heavy atom. The topological polar surface area (TPSA) is 94.3 Å². The molecule has 3 N–H and O–H groups in total. The van der Waals surface area contributed by atoms with Gasteiger partial charge in [-0.25, -0.2) is 0 Å². The molecule has 3 rings (SSSR count). The molecule has 1 heterocycles. The molecule has 0 aliphatic carbocycles. The average Bonchev–Trinajstić information content (AvgIpc) is 2.77. The summed E-state index contributed by atoms with van der Waals surface area (Å²) in [6.07, 6.45) is 3.34. The maximum Gasteiger partial charge on any atom is 0.267 e. The third-order valence-electron chi connectivity index (χ3n) is 5.07. The van der Waals surface area contributed by atoms with Crippen LogP contribution in [0.4, 0.5) is 5.69 Å². The first-order valence-electron chi connectivity index (χ1n) is 10.7. The van der Waals surface area contributed by atoms with Gasteiger partial charge in [0.05, 0.1) is 0 Å². The van der Waals surface area contributed by atoms with Gasteiger partial charge in [0.2, 0.25) is 0 Å². The number of amides is 2. The van der Waals surface area contributed by atoms with Crippen molar-refractivity contribution >= 4 is 23.6 Å². The SMILES string of the molecule is CC(=Cc1cccc(OCc2ccnc(C(N)=O)c2)c1)C(=O)Nc1cccc(C(C)(C)C)c1. The number of ether oxygens (including phenoxy) is 1. The number of hydrogen-bond donors (Lipinski definition) is 2. The molecule has 2 aromatic carbocycles. The molecule has 0 saturated carbocycles. The molecule has 33 heavy (non-hydrogen) atoms. The second-order valence-corrected chi connectivity index (χ2v) is 8.89. The zero-order chi connectivity index (χ0) is 24.0. The highest BCUT2D eigenvalue weighted by Gasteiger charge is 2.14. The van der Waals surface area contributed by atoms with Crippen molar-refractivity contribution in [2.24, 2.45) is 5.73 Å². The van der Waals surface area contributed by atoms with Crippen molar-refractivity contribution in [2.45, 2.75) is 39.7 Å². The zero-order valence-corrected chi connectivity index (χ0v) is 19.4. The lowest BCUT2D eigenvalue weighted by molar-refractivity contribution is -0.112. The van der Waals surface area contributed by atoms with Crippen LogP contribution in [0.15, 0.2) is 72.4 Å². The van der Waals surface area contributed by atoms with Gasteiger partial charge in [0, 0.05) is 17.5 Å². The molecule has 3 aromatic rings. The Morgan fingerprint density at radius 3 is 2.55 bits per heavy atom. The fourth-order valence-corrected chi connectivity index (χ4v) is 3.17. The lowest BCUT2D eigenvalue weighted by atomic mass is 9.87. The van der Waals surface area contributed by atoms with Crippen LogP contribution in [0.25, 0.3) is 6.08 Å². The third kappa shape index (κ3) is 6.77. The molecule has 0 atom stereocenters. The molecule has 0 bridgehead atoms. The number of nitrogens with two attached hydrogens (primary N) is 1. The van der Waals surface area contributed by atoms with E-state index in [0.717, 1.165) is 22.4 Å². The average molecular weight is 444 g/mol. The molecule has 0 radical (unpaired) electrons. The van der Waals surface area contributed by atoms with E-state index in [1.54, 1.807) is 19.1 Å². The van der Waals surface area contributed by atoms with Crippen molar-refractivity contribution < 1.29 is 14.3 Å². The first-order chi connectivity index (χ1) is 15.6. The van der Waals surface area contributed by atoms with Gasteiger partial charge in [-0.05, 0) is 71.5 Å². The maximum atomic E-state index is 12.7. The fourth-order valence-electron chi connectivity index (χ4n) is 3.17. The Morgan fingerprint density at radius 1 is 1.06 bits per heavy atom. The van der Waals surface area contributed by atoms with Crippen molar-refractivity contribution in [3.05, 3.63) is 94.8 Å². The predicted octanol–water partition coefficient (Wildman–Crippen LogP) is 5.10. The summed E-state index contributed by atoms with van der Waals surface area (Å²) < 4.78 is 5.84. The van der Waals surface area contributed by atoms with E-state index in [9.17, 15) is 9.59 Å². The second kappa shape index (κ2) is 10.1. The van der Waals surface area contributed by atoms with Crippen molar-refractivity contribution in [2.75, 3.05) is 5.32 Å². The smallest absolute Gasteiger partial charge is 0.267 e. The Balaban J connectivity index is 1.67. The summed E-state index contributed by atoms with van der Waals surface area (Å²) in [5.41, 5.74) is 9.61. The van der Waals surface area contributed by atoms with Crippen LogP contribution in [0, 0.1) is 0 Å². The number of anilines is 1. The van der Waals surface area contributed by atoms with E-state index < -0.39 is 5.91 Å². The van der Waals surface area contributed by atoms with Gasteiger partial charge >= 0.3 is 0 Å². The van der Waals surface area contributed by atoms with E-state index in [1.165, 1.54) is 6.20 Å². The minimum atomic E-state index is -0.581. The van der Waals surface area contributed by atoms with Crippen molar-refractivity contribution in [1.82, 2.24) is 4.98 Å². The molecule has 0 unspecified atom stereocenters. The van der Waals surface area contributed by atoms with Crippen molar-refractivity contribution in [3.63, 3.8) is 0 Å². The van der Waals surface area contributed by atoms with E-state index in [4.69, 9.17) is 10.5 Å². The van der Waals surface area contributed by atoms with E-state index >= 15 is 0 Å². The number of primary amides is 1. The molecule has 6 nitrogen and oxygen atoms in total. The highest BCUT2D eigenvalue weighted by Crippen LogP contribution is 2.25. The fraction of sp³-hybridized carbons (Fsp3) is 0.222. The Bertz CT molecular complexity index is 1190. The Labute approximate surface area is 194 Å². The van der Waals surface area contributed by atoms with Gasteiger partial charge in [-0.2, -0.15) is 0 Å². The van der Waals surface area contributed by atoms with Gasteiger partial charge in [0.1, 0.15) is 18.1 Å². The Kier molecular flexibility index (Phi) is 7.28. The van der Waals surface area contributed by atoms with Crippen LogP contribution in [0.5, 0.6) is 5.75 Å². The molecular formula is C27H29N3O3. The van der Waals surface area contributed by atoms with Gasteiger partial charge < -0.3 is 15.8 Å². The summed E-state index contributed by atoms with van der Waals surface area (Å²) in [6, 6.07) is 18.7. The normalized spacial score (nSPS) is 11.7. The highest BCUT2D eigenvalue weighted by molar-refractivity contribution is 6.06. The number of carbonyl (C=O) groups excluding carboxylic acids is 2. The molecule has 0 saturated heterocycles. The monoisotopic (exact) mass is 443 g/mol. The van der Waals surface area contributed by atoms with Crippen LogP contribution in [-0.2, 0) is 16.8 Å². The number of hydrogen-bond acceptors (Lipinski definition) is 4. The van der Waals surface area contributed by atoms with E-state index in [0.29, 0.717) is 11.3 Å². The Hall–Kier alpha value is -3.93. The molecule has 1 aromatic heterocycles. The summed E-state index contributed by atoms with van der Waals surface area (Å²) in [5, 5.41) is 2.97. The number of aromatic nitrogens is 1. The molecular weight excluding hydrogens is 414 g/mol. The molecule has 0 spiro atoms. The molecule has 170 valence electrons. The largest absolute Gasteiger partial charge is 0.489 e. The third-order valence-corrected chi connectivity index (χ3v) is 5.07. The van der Waals surface area contributed by atoms with Gasteiger partial charge in [-0.15, -0.1) is 0 Å². The van der Waals surface area contributed by atoms with Gasteiger partial charge in [-0.3, -0.25) is 14.6 Å². The number of pyridine rings is 1. The van der Waals surface area contributed by atoms with Crippen LogP contribution in [-0.4, -0.2) is 16.8 Å². The summed E-state index contributed by atoms with van der Waals surface area (Å²) in [7, 11) is 0. The summed E-state index contributed by atoms with van der Waals surface area (Å²) in [6.45, 7) is 8.46. The van der Waals surface area contributed by atoms with Gasteiger partial charge in [0.25, 0.3) is 11.8 Å². The first kappa shape index (κ1) is 23.7. The van der Waals surface area contributed by atoms with Crippen LogP contribution in [0.2, 0.25) is 0 Å². The summed E-state index contributed by atoms with van der Waals surface area (Å²) >= 11 is 0. The van der Waals surface area contributed by atoms with E-state index in [1.807, 2.05) is 48.5 Å². The minimum Gasteiger partial charge on any atom is -0.489 e. The highest BCUT2D eigenvalue weighted by atomic mass is 16.5. The lowest BCUT2D eigenvalue weighted by Crippen LogP contribution is -2.15. The van der Waals surface area contributed by atoms with Crippen LogP contribution < -0.4 is 15.8 Å². The number of nitrogens with zero attached hydrogens (tertiary/aromatic N) is 1. The molecule has 0 fully saturated rings. The maximum absolute atomic E-state index is 12.7. The second-order valence-electron chi connectivity index (χ2n) is 8.89. The predicted molar refractivity (Wildman–Crippen MR) is 131 cm³/mol. The molecule has 0 aliphatic heterocycles. The van der Waals surface area contributed by atoms with Gasteiger partial charge in [-0.1, -0.05) is 45.0 Å². The van der Waals surface area contributed by atoms with E-state index in [2.05, 4.69) is 37.1 Å². The van der Waals surface area contributed by atoms with Crippen molar-refractivity contribution in [1.29, 1.82) is 0 Å². The summed E-state index contributed by atoms with van der Waals surface area (Å²) in [5.74, 6) is -0.0988. The number of benzene rings is 2. The van der Waals surface area contributed by atoms with Crippen LogP contribution >= 0.6 is 0 Å². The first-order valence-corrected chi connectivity index (χ1v) is 10.7. The number of rotatable bonds is 7. The summed E-state index contributed by atoms with van der Waals surface area (Å²) in [4.78, 5) is 27.9. The molecule has 0 aliphatic rings. The number of carbonyl (C=O) groups is 2. The molecule has 6 heteroatoms. The zero-order valence-electron chi connectivity index (χ0n) is 19.4. The minimum absolute atomic E-state index is 0.00371. The lowest BCUT2D eigenvalue weighted by Gasteiger charge is -2.20. The van der Waals surface area contributed by atoms with Crippen LogP contribution in [0.3, 0.4) is 0 Å². The quantitative estimate of drug-likeness (QED) is 0.497. The van der Waals surface area contributed by atoms with Gasteiger partial charge in [0.15, 0.2) is 0 Å². The van der Waals surface area contributed by atoms with Crippen molar-refractivity contribution in [3.8, 4) is 5.75 Å². The molecule has 2 amide bonds.